The molecular formula is C16H22FNO2. The molecule has 1 aliphatic rings. The third-order valence-corrected chi connectivity index (χ3v) is 4.11. The van der Waals surface area contributed by atoms with Crippen molar-refractivity contribution in [1.82, 2.24) is 4.90 Å². The summed E-state index contributed by atoms with van der Waals surface area (Å²) in [4.78, 5) is 14.4. The second kappa shape index (κ2) is 6.84. The van der Waals surface area contributed by atoms with Gasteiger partial charge < -0.3 is 9.64 Å². The highest BCUT2D eigenvalue weighted by molar-refractivity contribution is 5.99. The van der Waals surface area contributed by atoms with Crippen molar-refractivity contribution in [3.05, 3.63) is 29.6 Å². The van der Waals surface area contributed by atoms with Gasteiger partial charge in [-0.15, -0.1) is 0 Å². The summed E-state index contributed by atoms with van der Waals surface area (Å²) in [6.45, 7) is 0.668. The molecule has 0 amide bonds. The standard InChI is InChI=1S/C16H22FNO2/c1-18(12-6-3-4-7-12)11-10-14(19)16-13(17)8-5-9-15(16)20-2/h5,8-9,12H,3-4,6-7,10-11H2,1-2H3. The minimum Gasteiger partial charge on any atom is -0.496 e. The second-order valence-corrected chi connectivity index (χ2v) is 5.41. The Kier molecular flexibility index (Phi) is 5.12. The summed E-state index contributed by atoms with van der Waals surface area (Å²) in [6.07, 6.45) is 5.26. The number of ketones is 1. The van der Waals surface area contributed by atoms with Gasteiger partial charge in [-0.05, 0) is 32.0 Å². The molecular weight excluding hydrogens is 257 g/mol. The first kappa shape index (κ1) is 15.0. The minimum absolute atomic E-state index is 0.0785. The Morgan fingerprint density at radius 2 is 2.10 bits per heavy atom. The third-order valence-electron chi connectivity index (χ3n) is 4.11. The zero-order valence-electron chi connectivity index (χ0n) is 12.2. The van der Waals surface area contributed by atoms with Gasteiger partial charge in [0.2, 0.25) is 0 Å². The summed E-state index contributed by atoms with van der Waals surface area (Å²) in [5, 5.41) is 0. The Morgan fingerprint density at radius 1 is 1.40 bits per heavy atom. The van der Waals surface area contributed by atoms with Crippen LogP contribution in [0.5, 0.6) is 5.75 Å². The number of benzene rings is 1. The number of carbonyl (C=O) groups is 1. The van der Waals surface area contributed by atoms with Crippen LogP contribution in [0.15, 0.2) is 18.2 Å². The lowest BCUT2D eigenvalue weighted by Crippen LogP contribution is -2.31. The van der Waals surface area contributed by atoms with Crippen LogP contribution in [0.4, 0.5) is 4.39 Å². The van der Waals surface area contributed by atoms with Gasteiger partial charge >= 0.3 is 0 Å². The van der Waals surface area contributed by atoms with Crippen LogP contribution in [-0.2, 0) is 0 Å². The van der Waals surface area contributed by atoms with Crippen molar-refractivity contribution in [2.75, 3.05) is 20.7 Å². The maximum atomic E-state index is 13.8. The molecule has 20 heavy (non-hydrogen) atoms. The van der Waals surface area contributed by atoms with Gasteiger partial charge in [-0.25, -0.2) is 4.39 Å². The molecule has 1 fully saturated rings. The van der Waals surface area contributed by atoms with Gasteiger partial charge in [0.1, 0.15) is 11.6 Å². The molecule has 0 saturated heterocycles. The molecule has 0 aromatic heterocycles. The number of halogens is 1. The number of hydrogen-bond donors (Lipinski definition) is 0. The van der Waals surface area contributed by atoms with Crippen molar-refractivity contribution in [2.45, 2.75) is 38.1 Å². The second-order valence-electron chi connectivity index (χ2n) is 5.41. The van der Waals surface area contributed by atoms with Crippen LogP contribution in [0.2, 0.25) is 0 Å². The average molecular weight is 279 g/mol. The molecule has 0 heterocycles. The summed E-state index contributed by atoms with van der Waals surface area (Å²) in [6, 6.07) is 5.05. The number of Topliss-reactive ketones (excluding diaryl/α,β-unsaturated/α-hetero) is 1. The molecule has 1 saturated carbocycles. The fourth-order valence-corrected chi connectivity index (χ4v) is 2.88. The predicted molar refractivity (Wildman–Crippen MR) is 76.8 cm³/mol. The molecule has 2 rings (SSSR count). The van der Waals surface area contributed by atoms with Crippen LogP contribution < -0.4 is 4.74 Å². The summed E-state index contributed by atoms with van der Waals surface area (Å²) >= 11 is 0. The molecule has 1 aromatic rings. The zero-order valence-corrected chi connectivity index (χ0v) is 12.2. The Bertz CT molecular complexity index is 470. The molecule has 4 heteroatoms. The maximum Gasteiger partial charge on any atom is 0.170 e. The third kappa shape index (κ3) is 3.37. The molecule has 1 aromatic carbocycles. The van der Waals surface area contributed by atoms with E-state index in [1.165, 1.54) is 38.9 Å². The number of methoxy groups -OCH3 is 1. The van der Waals surface area contributed by atoms with E-state index in [4.69, 9.17) is 4.74 Å². The first-order valence-corrected chi connectivity index (χ1v) is 7.19. The molecule has 0 aliphatic heterocycles. The highest BCUT2D eigenvalue weighted by Gasteiger charge is 2.22. The van der Waals surface area contributed by atoms with Crippen LogP contribution in [0.25, 0.3) is 0 Å². The summed E-state index contributed by atoms with van der Waals surface area (Å²) < 4.78 is 18.9. The van der Waals surface area contributed by atoms with Crippen LogP contribution in [0.1, 0.15) is 42.5 Å². The Labute approximate surface area is 119 Å². The van der Waals surface area contributed by atoms with Crippen molar-refractivity contribution < 1.29 is 13.9 Å². The largest absolute Gasteiger partial charge is 0.496 e. The van der Waals surface area contributed by atoms with Crippen molar-refractivity contribution in [3.8, 4) is 5.75 Å². The average Bonchev–Trinajstić information content (AvgIpc) is 2.98. The summed E-state index contributed by atoms with van der Waals surface area (Å²) in [5.74, 6) is -0.374. The van der Waals surface area contributed by atoms with Crippen molar-refractivity contribution in [1.29, 1.82) is 0 Å². The predicted octanol–water partition coefficient (Wildman–Crippen LogP) is 3.28. The van der Waals surface area contributed by atoms with Gasteiger partial charge in [-0.2, -0.15) is 0 Å². The van der Waals surface area contributed by atoms with Gasteiger partial charge in [-0.1, -0.05) is 18.9 Å². The summed E-state index contributed by atoms with van der Waals surface area (Å²) in [5.41, 5.74) is 0.0785. The SMILES string of the molecule is COc1cccc(F)c1C(=O)CCN(C)C1CCCC1. The van der Waals surface area contributed by atoms with Gasteiger partial charge in [0.05, 0.1) is 12.7 Å². The fraction of sp³-hybridized carbons (Fsp3) is 0.562. The molecule has 0 bridgehead atoms. The Morgan fingerprint density at radius 3 is 2.75 bits per heavy atom. The number of carbonyl (C=O) groups excluding carboxylic acids is 1. The normalized spacial score (nSPS) is 15.8. The highest BCUT2D eigenvalue weighted by Crippen LogP contribution is 2.25. The molecule has 0 spiro atoms. The number of ether oxygens (including phenoxy) is 1. The molecule has 0 N–H and O–H groups in total. The van der Waals surface area contributed by atoms with Crippen LogP contribution in [0, 0.1) is 5.82 Å². The zero-order chi connectivity index (χ0) is 14.5. The van der Waals surface area contributed by atoms with E-state index in [9.17, 15) is 9.18 Å². The van der Waals surface area contributed by atoms with Crippen LogP contribution in [-0.4, -0.2) is 37.4 Å². The van der Waals surface area contributed by atoms with E-state index in [1.54, 1.807) is 12.1 Å². The van der Waals surface area contributed by atoms with Crippen molar-refractivity contribution in [2.24, 2.45) is 0 Å². The highest BCUT2D eigenvalue weighted by atomic mass is 19.1. The summed E-state index contributed by atoms with van der Waals surface area (Å²) in [7, 11) is 3.50. The van der Waals surface area contributed by atoms with Crippen molar-refractivity contribution >= 4 is 5.78 Å². The molecule has 0 unspecified atom stereocenters. The Hall–Kier alpha value is -1.42. The first-order valence-electron chi connectivity index (χ1n) is 7.19. The van der Waals surface area contributed by atoms with Gasteiger partial charge in [0.15, 0.2) is 5.78 Å². The molecule has 3 nitrogen and oxygen atoms in total. The van der Waals surface area contributed by atoms with E-state index in [0.29, 0.717) is 24.8 Å². The number of rotatable bonds is 6. The number of hydrogen-bond acceptors (Lipinski definition) is 3. The van der Waals surface area contributed by atoms with Crippen LogP contribution in [0.3, 0.4) is 0 Å². The molecule has 0 radical (unpaired) electrons. The van der Waals surface area contributed by atoms with Crippen LogP contribution >= 0.6 is 0 Å². The van der Waals surface area contributed by atoms with E-state index in [1.807, 2.05) is 7.05 Å². The van der Waals surface area contributed by atoms with Gasteiger partial charge in [0.25, 0.3) is 0 Å². The van der Waals surface area contributed by atoms with Crippen molar-refractivity contribution in [3.63, 3.8) is 0 Å². The lowest BCUT2D eigenvalue weighted by molar-refractivity contribution is 0.0953. The fourth-order valence-electron chi connectivity index (χ4n) is 2.88. The first-order chi connectivity index (χ1) is 9.63. The van der Waals surface area contributed by atoms with E-state index in [-0.39, 0.29) is 11.3 Å². The van der Waals surface area contributed by atoms with E-state index < -0.39 is 5.82 Å². The maximum absolute atomic E-state index is 13.8. The lowest BCUT2D eigenvalue weighted by atomic mass is 10.1. The minimum atomic E-state index is -0.502. The molecule has 1 aliphatic carbocycles. The molecule has 0 atom stereocenters. The molecule has 110 valence electrons. The lowest BCUT2D eigenvalue weighted by Gasteiger charge is -2.23. The monoisotopic (exact) mass is 279 g/mol. The van der Waals surface area contributed by atoms with Gasteiger partial charge in [-0.3, -0.25) is 4.79 Å². The van der Waals surface area contributed by atoms with Gasteiger partial charge in [0, 0.05) is 19.0 Å². The topological polar surface area (TPSA) is 29.5 Å². The smallest absolute Gasteiger partial charge is 0.170 e. The van der Waals surface area contributed by atoms with E-state index >= 15 is 0 Å². The Balaban J connectivity index is 1.98. The van der Waals surface area contributed by atoms with E-state index in [0.717, 1.165) is 0 Å². The van der Waals surface area contributed by atoms with E-state index in [2.05, 4.69) is 4.90 Å². The number of nitrogens with zero attached hydrogens (tertiary/aromatic N) is 1. The quantitative estimate of drug-likeness (QED) is 0.748.